The fourth-order valence-corrected chi connectivity index (χ4v) is 1.93. The Labute approximate surface area is 119 Å². The van der Waals surface area contributed by atoms with E-state index in [0.29, 0.717) is 6.61 Å². The fourth-order valence-electron chi connectivity index (χ4n) is 1.93. The maximum absolute atomic E-state index is 9.51. The number of aliphatic hydroxyl groups excluding tert-OH is 1. The third kappa shape index (κ3) is 4.08. The van der Waals surface area contributed by atoms with Crippen LogP contribution in [0.25, 0.3) is 0 Å². The molecule has 0 aliphatic rings. The van der Waals surface area contributed by atoms with Gasteiger partial charge in [-0.2, -0.15) is 0 Å². The van der Waals surface area contributed by atoms with Crippen molar-refractivity contribution in [3.05, 3.63) is 65.2 Å². The average molecular weight is 272 g/mol. The monoisotopic (exact) mass is 272 g/mol. The third-order valence-corrected chi connectivity index (χ3v) is 3.09. The van der Waals surface area contributed by atoms with Gasteiger partial charge in [-0.15, -0.1) is 0 Å². The highest BCUT2D eigenvalue weighted by atomic mass is 16.7. The van der Waals surface area contributed by atoms with Gasteiger partial charge in [0.2, 0.25) is 0 Å². The Morgan fingerprint density at radius 3 is 2.50 bits per heavy atom. The topological polar surface area (TPSA) is 38.7 Å². The molecule has 2 aromatic carbocycles. The van der Waals surface area contributed by atoms with E-state index >= 15 is 0 Å². The molecule has 106 valence electrons. The Morgan fingerprint density at radius 1 is 1.10 bits per heavy atom. The number of benzene rings is 2. The first-order valence-electron chi connectivity index (χ1n) is 6.70. The molecular weight excluding hydrogens is 252 g/mol. The molecule has 0 aliphatic heterocycles. The van der Waals surface area contributed by atoms with Crippen LogP contribution in [0.15, 0.2) is 48.5 Å². The van der Waals surface area contributed by atoms with Crippen LogP contribution in [0.3, 0.4) is 0 Å². The maximum Gasteiger partial charge on any atom is 0.189 e. The highest BCUT2D eigenvalue weighted by Gasteiger charge is 2.05. The van der Waals surface area contributed by atoms with E-state index in [1.807, 2.05) is 55.5 Å². The van der Waals surface area contributed by atoms with Gasteiger partial charge in [-0.1, -0.05) is 36.4 Å². The Balaban J connectivity index is 1.82. The Morgan fingerprint density at radius 2 is 1.85 bits per heavy atom. The predicted molar refractivity (Wildman–Crippen MR) is 78.5 cm³/mol. The van der Waals surface area contributed by atoms with Crippen molar-refractivity contribution in [1.29, 1.82) is 0 Å². The zero-order valence-corrected chi connectivity index (χ0v) is 11.9. The Hall–Kier alpha value is -1.84. The molecule has 0 bridgehead atoms. The molecular formula is C17H20O3. The Kier molecular flexibility index (Phi) is 5.16. The summed E-state index contributed by atoms with van der Waals surface area (Å²) in [7, 11) is 0. The van der Waals surface area contributed by atoms with E-state index in [4.69, 9.17) is 9.47 Å². The van der Waals surface area contributed by atoms with Crippen LogP contribution < -0.4 is 4.74 Å². The van der Waals surface area contributed by atoms with E-state index in [1.54, 1.807) is 6.92 Å². The normalized spacial score (nSPS) is 12.2. The first-order chi connectivity index (χ1) is 9.66. The Bertz CT molecular complexity index is 535. The summed E-state index contributed by atoms with van der Waals surface area (Å²) < 4.78 is 11.1. The lowest BCUT2D eigenvalue weighted by Gasteiger charge is -2.12. The number of aryl methyl sites for hydroxylation is 1. The lowest BCUT2D eigenvalue weighted by molar-refractivity contribution is 0.00465. The van der Waals surface area contributed by atoms with Crippen LogP contribution in [0, 0.1) is 6.92 Å². The summed E-state index contributed by atoms with van der Waals surface area (Å²) in [6, 6.07) is 15.6. The van der Waals surface area contributed by atoms with E-state index in [0.717, 1.165) is 22.4 Å². The van der Waals surface area contributed by atoms with Gasteiger partial charge in [0, 0.05) is 0 Å². The summed E-state index contributed by atoms with van der Waals surface area (Å²) in [4.78, 5) is 0. The molecule has 0 amide bonds. The molecule has 0 heterocycles. The molecule has 0 saturated carbocycles. The molecule has 2 rings (SSSR count). The lowest BCUT2D eigenvalue weighted by Crippen LogP contribution is -2.04. The standard InChI is InChI=1S/C17H20O3/c1-13-10-16(14(2)18)8-9-17(13)20-12-19-11-15-6-4-3-5-7-15/h3-10,14,18H,11-12H2,1-2H3/t14-/m1/s1. The quantitative estimate of drug-likeness (QED) is 0.645. The van der Waals surface area contributed by atoms with Crippen LogP contribution in [0.1, 0.15) is 29.7 Å². The molecule has 0 saturated heterocycles. The van der Waals surface area contributed by atoms with Crippen molar-refractivity contribution in [1.82, 2.24) is 0 Å². The van der Waals surface area contributed by atoms with Crippen molar-refractivity contribution in [3.63, 3.8) is 0 Å². The zero-order valence-electron chi connectivity index (χ0n) is 11.9. The summed E-state index contributed by atoms with van der Waals surface area (Å²) in [5.41, 5.74) is 3.00. The SMILES string of the molecule is Cc1cc([C@@H](C)O)ccc1OCOCc1ccccc1. The average Bonchev–Trinajstić information content (AvgIpc) is 2.46. The van der Waals surface area contributed by atoms with Gasteiger partial charge in [-0.05, 0) is 42.7 Å². The fraction of sp³-hybridized carbons (Fsp3) is 0.294. The molecule has 3 nitrogen and oxygen atoms in total. The van der Waals surface area contributed by atoms with E-state index in [-0.39, 0.29) is 6.79 Å². The van der Waals surface area contributed by atoms with Crippen LogP contribution >= 0.6 is 0 Å². The number of ether oxygens (including phenoxy) is 2. The van der Waals surface area contributed by atoms with Crippen LogP contribution in [0.4, 0.5) is 0 Å². The zero-order chi connectivity index (χ0) is 14.4. The molecule has 0 spiro atoms. The minimum absolute atomic E-state index is 0.212. The van der Waals surface area contributed by atoms with Gasteiger partial charge in [0.15, 0.2) is 6.79 Å². The van der Waals surface area contributed by atoms with Crippen molar-refractivity contribution in [2.75, 3.05) is 6.79 Å². The molecule has 0 aromatic heterocycles. The summed E-state index contributed by atoms with van der Waals surface area (Å²) in [5.74, 6) is 0.780. The van der Waals surface area contributed by atoms with Gasteiger partial charge in [-0.25, -0.2) is 0 Å². The molecule has 1 N–H and O–H groups in total. The van der Waals surface area contributed by atoms with Gasteiger partial charge < -0.3 is 14.6 Å². The van der Waals surface area contributed by atoms with E-state index < -0.39 is 6.10 Å². The van der Waals surface area contributed by atoms with Gasteiger partial charge >= 0.3 is 0 Å². The van der Waals surface area contributed by atoms with Gasteiger partial charge in [0.1, 0.15) is 5.75 Å². The second-order valence-corrected chi connectivity index (χ2v) is 4.80. The smallest absolute Gasteiger partial charge is 0.189 e. The minimum Gasteiger partial charge on any atom is -0.467 e. The predicted octanol–water partition coefficient (Wildman–Crippen LogP) is 3.60. The lowest BCUT2D eigenvalue weighted by atomic mass is 10.1. The van der Waals surface area contributed by atoms with Crippen molar-refractivity contribution in [2.45, 2.75) is 26.6 Å². The van der Waals surface area contributed by atoms with E-state index in [2.05, 4.69) is 0 Å². The van der Waals surface area contributed by atoms with Crippen LogP contribution in [0.5, 0.6) is 5.75 Å². The molecule has 0 aliphatic carbocycles. The first kappa shape index (κ1) is 14.6. The van der Waals surface area contributed by atoms with Gasteiger partial charge in [0.25, 0.3) is 0 Å². The second kappa shape index (κ2) is 7.08. The van der Waals surface area contributed by atoms with Gasteiger partial charge in [-0.3, -0.25) is 0 Å². The highest BCUT2D eigenvalue weighted by molar-refractivity contribution is 5.36. The summed E-state index contributed by atoms with van der Waals surface area (Å²) in [6.45, 7) is 4.45. The van der Waals surface area contributed by atoms with E-state index in [1.165, 1.54) is 0 Å². The molecule has 3 heteroatoms. The van der Waals surface area contributed by atoms with E-state index in [9.17, 15) is 5.11 Å². The summed E-state index contributed by atoms with van der Waals surface area (Å²) in [6.07, 6.45) is -0.461. The molecule has 0 radical (unpaired) electrons. The van der Waals surface area contributed by atoms with Crippen LogP contribution in [-0.2, 0) is 11.3 Å². The largest absolute Gasteiger partial charge is 0.467 e. The van der Waals surface area contributed by atoms with Crippen molar-refractivity contribution in [3.8, 4) is 5.75 Å². The molecule has 20 heavy (non-hydrogen) atoms. The second-order valence-electron chi connectivity index (χ2n) is 4.80. The third-order valence-electron chi connectivity index (χ3n) is 3.09. The molecule has 1 atom stereocenters. The van der Waals surface area contributed by atoms with Crippen molar-refractivity contribution < 1.29 is 14.6 Å². The summed E-state index contributed by atoms with van der Waals surface area (Å²) in [5, 5.41) is 9.51. The molecule has 0 fully saturated rings. The summed E-state index contributed by atoms with van der Waals surface area (Å²) >= 11 is 0. The molecule has 2 aromatic rings. The first-order valence-corrected chi connectivity index (χ1v) is 6.70. The van der Waals surface area contributed by atoms with Crippen LogP contribution in [0.2, 0.25) is 0 Å². The van der Waals surface area contributed by atoms with Gasteiger partial charge in [0.05, 0.1) is 12.7 Å². The number of aliphatic hydroxyl groups is 1. The highest BCUT2D eigenvalue weighted by Crippen LogP contribution is 2.22. The maximum atomic E-state index is 9.51. The minimum atomic E-state index is -0.461. The number of hydrogen-bond acceptors (Lipinski definition) is 3. The number of hydrogen-bond donors (Lipinski definition) is 1. The van der Waals surface area contributed by atoms with Crippen molar-refractivity contribution >= 4 is 0 Å². The molecule has 0 unspecified atom stereocenters. The van der Waals surface area contributed by atoms with Crippen LogP contribution in [-0.4, -0.2) is 11.9 Å². The number of rotatable bonds is 6. The van der Waals surface area contributed by atoms with Crippen molar-refractivity contribution in [2.24, 2.45) is 0 Å².